The highest BCUT2D eigenvalue weighted by Gasteiger charge is 2.26. The van der Waals surface area contributed by atoms with E-state index in [0.29, 0.717) is 26.2 Å². The van der Waals surface area contributed by atoms with E-state index in [1.807, 2.05) is 6.92 Å². The number of rotatable bonds is 4. The Balaban J connectivity index is 2.44. The maximum atomic E-state index is 12.1. The van der Waals surface area contributed by atoms with Crippen LogP contribution in [0.1, 0.15) is 26.2 Å². The smallest absolute Gasteiger partial charge is 0.320 e. The molecule has 5 nitrogen and oxygen atoms in total. The van der Waals surface area contributed by atoms with Gasteiger partial charge in [-0.25, -0.2) is 4.79 Å². The molecule has 1 saturated heterocycles. The van der Waals surface area contributed by atoms with Crippen molar-refractivity contribution in [3.8, 4) is 12.3 Å². The van der Waals surface area contributed by atoms with Crippen molar-refractivity contribution in [2.45, 2.75) is 26.2 Å². The fourth-order valence-electron chi connectivity index (χ4n) is 2.20. The highest BCUT2D eigenvalue weighted by molar-refractivity contribution is 5.75. The molecule has 0 unspecified atom stereocenters. The number of urea groups is 1. The summed E-state index contributed by atoms with van der Waals surface area (Å²) in [5, 5.41) is 8.73. The molecule has 0 radical (unpaired) electrons. The van der Waals surface area contributed by atoms with Gasteiger partial charge in [0.05, 0.1) is 6.54 Å². The van der Waals surface area contributed by atoms with E-state index in [9.17, 15) is 9.59 Å². The van der Waals surface area contributed by atoms with Gasteiger partial charge in [-0.15, -0.1) is 6.42 Å². The standard InChI is InChI=1S/C13H20N2O3/c1-3-7-14(4-2)13(18)15-8-5-11(6-9-15)10-12(16)17/h1,11H,4-10H2,2H3,(H,16,17). The van der Waals surface area contributed by atoms with Crippen LogP contribution >= 0.6 is 0 Å². The minimum absolute atomic E-state index is 0.0378. The van der Waals surface area contributed by atoms with Gasteiger partial charge in [0.15, 0.2) is 0 Å². The van der Waals surface area contributed by atoms with Crippen LogP contribution in [0.5, 0.6) is 0 Å². The number of nitrogens with zero attached hydrogens (tertiary/aromatic N) is 2. The molecule has 1 aliphatic heterocycles. The first-order valence-corrected chi connectivity index (χ1v) is 6.27. The Morgan fingerprint density at radius 1 is 1.44 bits per heavy atom. The average Bonchev–Trinajstić information content (AvgIpc) is 2.35. The lowest BCUT2D eigenvalue weighted by Gasteiger charge is -2.34. The third kappa shape index (κ3) is 3.95. The maximum Gasteiger partial charge on any atom is 0.320 e. The number of carboxylic acids is 1. The third-order valence-corrected chi connectivity index (χ3v) is 3.28. The van der Waals surface area contributed by atoms with Gasteiger partial charge in [-0.2, -0.15) is 0 Å². The number of carbonyl (C=O) groups excluding carboxylic acids is 1. The second kappa shape index (κ2) is 6.90. The van der Waals surface area contributed by atoms with E-state index in [1.165, 1.54) is 0 Å². The number of carbonyl (C=O) groups is 2. The van der Waals surface area contributed by atoms with Gasteiger partial charge in [0, 0.05) is 26.1 Å². The molecule has 1 heterocycles. The van der Waals surface area contributed by atoms with Crippen molar-refractivity contribution < 1.29 is 14.7 Å². The second-order valence-electron chi connectivity index (χ2n) is 4.53. The molecule has 0 aromatic carbocycles. The normalized spacial score (nSPS) is 16.1. The van der Waals surface area contributed by atoms with Crippen LogP contribution in [0.25, 0.3) is 0 Å². The largest absolute Gasteiger partial charge is 0.481 e. The molecule has 1 fully saturated rings. The Labute approximate surface area is 108 Å². The Hall–Kier alpha value is -1.70. The first-order valence-electron chi connectivity index (χ1n) is 6.27. The minimum atomic E-state index is -0.762. The fraction of sp³-hybridized carbons (Fsp3) is 0.692. The Morgan fingerprint density at radius 2 is 2.06 bits per heavy atom. The summed E-state index contributed by atoms with van der Waals surface area (Å²) in [5.41, 5.74) is 0. The van der Waals surface area contributed by atoms with E-state index in [1.54, 1.807) is 9.80 Å². The molecule has 0 aromatic rings. The van der Waals surface area contributed by atoms with Crippen LogP contribution in [0.4, 0.5) is 4.79 Å². The lowest BCUT2D eigenvalue weighted by molar-refractivity contribution is -0.138. The lowest BCUT2D eigenvalue weighted by atomic mass is 9.94. The summed E-state index contributed by atoms with van der Waals surface area (Å²) in [6.07, 6.45) is 6.93. The van der Waals surface area contributed by atoms with E-state index in [2.05, 4.69) is 5.92 Å². The SMILES string of the molecule is C#CCN(CC)C(=O)N1CCC(CC(=O)O)CC1. The maximum absolute atomic E-state index is 12.1. The number of amides is 2. The first kappa shape index (κ1) is 14.4. The van der Waals surface area contributed by atoms with Crippen molar-refractivity contribution in [1.82, 2.24) is 9.80 Å². The molecule has 0 saturated carbocycles. The molecular formula is C13H20N2O3. The number of likely N-dealkylation sites (tertiary alicyclic amines) is 1. The zero-order valence-electron chi connectivity index (χ0n) is 10.8. The van der Waals surface area contributed by atoms with Gasteiger partial charge in [0.25, 0.3) is 0 Å². The van der Waals surface area contributed by atoms with Crippen LogP contribution in [0.3, 0.4) is 0 Å². The molecule has 1 aliphatic rings. The second-order valence-corrected chi connectivity index (χ2v) is 4.53. The Kier molecular flexibility index (Phi) is 5.50. The predicted molar refractivity (Wildman–Crippen MR) is 68.0 cm³/mol. The Morgan fingerprint density at radius 3 is 2.50 bits per heavy atom. The third-order valence-electron chi connectivity index (χ3n) is 3.28. The van der Waals surface area contributed by atoms with Gasteiger partial charge in [-0.3, -0.25) is 4.79 Å². The van der Waals surface area contributed by atoms with Gasteiger partial charge >= 0.3 is 12.0 Å². The van der Waals surface area contributed by atoms with Gasteiger partial charge in [-0.05, 0) is 25.7 Å². The lowest BCUT2D eigenvalue weighted by Crippen LogP contribution is -2.46. The van der Waals surface area contributed by atoms with E-state index in [4.69, 9.17) is 11.5 Å². The Bertz CT molecular complexity index is 341. The van der Waals surface area contributed by atoms with Gasteiger partial charge < -0.3 is 14.9 Å². The molecule has 0 spiro atoms. The molecule has 5 heteroatoms. The summed E-state index contributed by atoms with van der Waals surface area (Å²) in [7, 11) is 0. The summed E-state index contributed by atoms with van der Waals surface area (Å²) in [5.74, 6) is 1.90. The number of hydrogen-bond donors (Lipinski definition) is 1. The van der Waals surface area contributed by atoms with Crippen LogP contribution < -0.4 is 0 Å². The number of aliphatic carboxylic acids is 1. The topological polar surface area (TPSA) is 60.9 Å². The van der Waals surface area contributed by atoms with Crippen molar-refractivity contribution in [2.75, 3.05) is 26.2 Å². The van der Waals surface area contributed by atoms with Crippen LogP contribution in [-0.4, -0.2) is 53.1 Å². The van der Waals surface area contributed by atoms with E-state index in [0.717, 1.165) is 12.8 Å². The first-order chi connectivity index (χ1) is 8.58. The van der Waals surface area contributed by atoms with Crippen LogP contribution in [0.2, 0.25) is 0 Å². The molecule has 2 amide bonds. The van der Waals surface area contributed by atoms with E-state index in [-0.39, 0.29) is 18.4 Å². The monoisotopic (exact) mass is 252 g/mol. The summed E-state index contributed by atoms with van der Waals surface area (Å²) in [4.78, 5) is 26.1. The van der Waals surface area contributed by atoms with Crippen molar-refractivity contribution in [2.24, 2.45) is 5.92 Å². The molecule has 0 aliphatic carbocycles. The molecule has 0 atom stereocenters. The fourth-order valence-corrected chi connectivity index (χ4v) is 2.20. The molecule has 1 N–H and O–H groups in total. The zero-order chi connectivity index (χ0) is 13.5. The summed E-state index contributed by atoms with van der Waals surface area (Å²) in [6.45, 7) is 4.06. The highest BCUT2D eigenvalue weighted by atomic mass is 16.4. The van der Waals surface area contributed by atoms with Crippen LogP contribution in [0, 0.1) is 18.3 Å². The molecule has 100 valence electrons. The molecule has 1 rings (SSSR count). The summed E-state index contributed by atoms with van der Waals surface area (Å²) in [6, 6.07) is -0.0378. The average molecular weight is 252 g/mol. The molecule has 0 bridgehead atoms. The van der Waals surface area contributed by atoms with Crippen molar-refractivity contribution in [3.05, 3.63) is 0 Å². The summed E-state index contributed by atoms with van der Waals surface area (Å²) >= 11 is 0. The number of carboxylic acid groups (broad SMARTS) is 1. The number of hydrogen-bond acceptors (Lipinski definition) is 2. The number of terminal acetylenes is 1. The molecule has 18 heavy (non-hydrogen) atoms. The van der Waals surface area contributed by atoms with Gasteiger partial charge in [0.1, 0.15) is 0 Å². The summed E-state index contributed by atoms with van der Waals surface area (Å²) < 4.78 is 0. The minimum Gasteiger partial charge on any atom is -0.481 e. The highest BCUT2D eigenvalue weighted by Crippen LogP contribution is 2.21. The van der Waals surface area contributed by atoms with Crippen LogP contribution in [0.15, 0.2) is 0 Å². The van der Waals surface area contributed by atoms with Gasteiger partial charge in [0.2, 0.25) is 0 Å². The molecule has 0 aromatic heterocycles. The molecular weight excluding hydrogens is 232 g/mol. The van der Waals surface area contributed by atoms with E-state index >= 15 is 0 Å². The van der Waals surface area contributed by atoms with Crippen molar-refractivity contribution in [1.29, 1.82) is 0 Å². The van der Waals surface area contributed by atoms with E-state index < -0.39 is 5.97 Å². The van der Waals surface area contributed by atoms with Crippen molar-refractivity contribution in [3.63, 3.8) is 0 Å². The van der Waals surface area contributed by atoms with Gasteiger partial charge in [-0.1, -0.05) is 5.92 Å². The predicted octanol–water partition coefficient (Wildman–Crippen LogP) is 1.25. The quantitative estimate of drug-likeness (QED) is 0.766. The zero-order valence-corrected chi connectivity index (χ0v) is 10.8. The van der Waals surface area contributed by atoms with Crippen molar-refractivity contribution >= 4 is 12.0 Å². The van der Waals surface area contributed by atoms with Crippen LogP contribution in [-0.2, 0) is 4.79 Å². The number of piperidine rings is 1.